The molecule has 0 aromatic heterocycles. The molecule has 0 bridgehead atoms. The second-order valence-electron chi connectivity index (χ2n) is 5.47. The van der Waals surface area contributed by atoms with Crippen molar-refractivity contribution in [3.63, 3.8) is 0 Å². The van der Waals surface area contributed by atoms with Crippen LogP contribution in [0, 0.1) is 0 Å². The van der Waals surface area contributed by atoms with Crippen molar-refractivity contribution in [2.75, 3.05) is 39.6 Å². The molecule has 0 saturated heterocycles. The molecule has 0 aromatic carbocycles. The van der Waals surface area contributed by atoms with E-state index in [2.05, 4.69) is 0 Å². The summed E-state index contributed by atoms with van der Waals surface area (Å²) < 4.78 is 40.7. The zero-order valence-electron chi connectivity index (χ0n) is 16.1. The van der Waals surface area contributed by atoms with Crippen LogP contribution >= 0.6 is 7.75 Å². The molecule has 1 radical (unpaired) electrons. The van der Waals surface area contributed by atoms with Gasteiger partial charge in [-0.2, -0.15) is 0 Å². The molecule has 0 saturated carbocycles. The SMILES string of the molecule is CCCOC(=O)OCCCCOP([NH])(=O)OCCCCOC(=O)OCCC. The van der Waals surface area contributed by atoms with Gasteiger partial charge in [0.25, 0.3) is 0 Å². The maximum absolute atomic E-state index is 11.7. The van der Waals surface area contributed by atoms with E-state index in [4.69, 9.17) is 33.5 Å². The second-order valence-corrected chi connectivity index (χ2v) is 6.98. The predicted molar refractivity (Wildman–Crippen MR) is 96.3 cm³/mol. The van der Waals surface area contributed by atoms with Crippen LogP contribution in [0.4, 0.5) is 9.59 Å². The number of carbonyl (C=O) groups excluding carboxylic acids is 2. The fraction of sp³-hybridized carbons (Fsp3) is 0.875. The van der Waals surface area contributed by atoms with Crippen LogP contribution in [0.15, 0.2) is 0 Å². The van der Waals surface area contributed by atoms with Crippen molar-refractivity contribution in [2.24, 2.45) is 0 Å². The lowest BCUT2D eigenvalue weighted by atomic mass is 10.3. The summed E-state index contributed by atoms with van der Waals surface area (Å²) in [5.74, 6) is 0. The molecule has 0 fully saturated rings. The lowest BCUT2D eigenvalue weighted by Crippen LogP contribution is -2.10. The molecule has 10 nitrogen and oxygen atoms in total. The fourth-order valence-electron chi connectivity index (χ4n) is 1.58. The van der Waals surface area contributed by atoms with Crippen molar-refractivity contribution in [1.29, 1.82) is 0 Å². The molecule has 0 spiro atoms. The minimum Gasteiger partial charge on any atom is -0.434 e. The third-order valence-corrected chi connectivity index (χ3v) is 3.93. The predicted octanol–water partition coefficient (Wildman–Crippen LogP) is 4.10. The van der Waals surface area contributed by atoms with Gasteiger partial charge in [0.05, 0.1) is 39.6 Å². The van der Waals surface area contributed by atoms with Gasteiger partial charge < -0.3 is 18.9 Å². The summed E-state index contributed by atoms with van der Waals surface area (Å²) in [6.07, 6.45) is 1.92. The standard InChI is InChI=1S/C16H31NO9P/c1-3-9-21-15(18)23-11-5-7-13-25-27(17,20)26-14-8-6-12-24-16(19)22-10-4-2/h17H,3-14H2,1-2H3. The number of hydrogen-bond donors (Lipinski definition) is 0. The number of ether oxygens (including phenoxy) is 4. The van der Waals surface area contributed by atoms with Crippen LogP contribution in [0.5, 0.6) is 0 Å². The van der Waals surface area contributed by atoms with E-state index in [0.29, 0.717) is 38.9 Å². The molecule has 0 heterocycles. The third-order valence-electron chi connectivity index (χ3n) is 2.89. The molecule has 0 aliphatic rings. The molecule has 0 atom stereocenters. The van der Waals surface area contributed by atoms with Crippen molar-refractivity contribution in [3.8, 4) is 0 Å². The van der Waals surface area contributed by atoms with Crippen LogP contribution < -0.4 is 5.50 Å². The summed E-state index contributed by atoms with van der Waals surface area (Å²) in [4.78, 5) is 22.1. The van der Waals surface area contributed by atoms with E-state index >= 15 is 0 Å². The van der Waals surface area contributed by atoms with E-state index in [1.54, 1.807) is 0 Å². The van der Waals surface area contributed by atoms with Gasteiger partial charge in [-0.15, -0.1) is 5.50 Å². The minimum atomic E-state index is -3.87. The van der Waals surface area contributed by atoms with Crippen LogP contribution in [-0.4, -0.2) is 52.0 Å². The highest BCUT2D eigenvalue weighted by Gasteiger charge is 2.18. The summed E-state index contributed by atoms with van der Waals surface area (Å²) in [6, 6.07) is 0. The maximum atomic E-state index is 11.7. The first-order valence-electron chi connectivity index (χ1n) is 9.14. The van der Waals surface area contributed by atoms with Crippen LogP contribution in [0.25, 0.3) is 0 Å². The Labute approximate surface area is 160 Å². The van der Waals surface area contributed by atoms with Crippen molar-refractivity contribution >= 4 is 20.1 Å². The molecular formula is C16H31NO9P. The van der Waals surface area contributed by atoms with Gasteiger partial charge in [0.15, 0.2) is 0 Å². The first kappa shape index (κ1) is 25.6. The summed E-state index contributed by atoms with van der Waals surface area (Å²) in [5, 5.41) is 0. The Morgan fingerprint density at radius 2 is 1.00 bits per heavy atom. The molecule has 27 heavy (non-hydrogen) atoms. The van der Waals surface area contributed by atoms with Crippen molar-refractivity contribution in [3.05, 3.63) is 0 Å². The zero-order chi connectivity index (χ0) is 20.4. The van der Waals surface area contributed by atoms with E-state index in [-0.39, 0.29) is 26.4 Å². The quantitative estimate of drug-likeness (QED) is 0.209. The topological polar surface area (TPSA) is 130 Å². The zero-order valence-corrected chi connectivity index (χ0v) is 17.0. The highest BCUT2D eigenvalue weighted by atomic mass is 31.2. The number of carbonyl (C=O) groups is 2. The Kier molecular flexibility index (Phi) is 16.0. The average molecular weight is 412 g/mol. The molecule has 0 rings (SSSR count). The van der Waals surface area contributed by atoms with Crippen LogP contribution in [0.2, 0.25) is 0 Å². The van der Waals surface area contributed by atoms with Crippen LogP contribution in [0.3, 0.4) is 0 Å². The molecule has 1 N–H and O–H groups in total. The molecule has 11 heteroatoms. The minimum absolute atomic E-state index is 0.0561. The van der Waals surface area contributed by atoms with Gasteiger partial charge in [-0.05, 0) is 38.5 Å². The first-order chi connectivity index (χ1) is 12.9. The summed E-state index contributed by atoms with van der Waals surface area (Å²) >= 11 is 0. The first-order valence-corrected chi connectivity index (χ1v) is 10.7. The third kappa shape index (κ3) is 17.8. The number of nitrogens with one attached hydrogen (secondary N) is 1. The lowest BCUT2D eigenvalue weighted by molar-refractivity contribution is 0.0530. The van der Waals surface area contributed by atoms with E-state index in [0.717, 1.165) is 12.8 Å². The highest BCUT2D eigenvalue weighted by Crippen LogP contribution is 2.42. The number of rotatable bonds is 16. The van der Waals surface area contributed by atoms with E-state index in [1.165, 1.54) is 0 Å². The van der Waals surface area contributed by atoms with E-state index in [9.17, 15) is 14.2 Å². The molecule has 0 aliphatic carbocycles. The summed E-state index contributed by atoms with van der Waals surface area (Å²) in [6.45, 7) is 4.83. The Morgan fingerprint density at radius 1 is 0.667 bits per heavy atom. The Bertz CT molecular complexity index is 412. The molecule has 0 amide bonds. The van der Waals surface area contributed by atoms with Gasteiger partial charge in [-0.25, -0.2) is 14.2 Å². The smallest absolute Gasteiger partial charge is 0.434 e. The van der Waals surface area contributed by atoms with Gasteiger partial charge in [0, 0.05) is 0 Å². The number of hydrogen-bond acceptors (Lipinski definition) is 9. The Balaban J connectivity index is 3.54. The molecule has 0 unspecified atom stereocenters. The lowest BCUT2D eigenvalue weighted by Gasteiger charge is -2.12. The van der Waals surface area contributed by atoms with Crippen molar-refractivity contribution in [1.82, 2.24) is 5.50 Å². The van der Waals surface area contributed by atoms with Crippen molar-refractivity contribution < 1.29 is 42.1 Å². The summed E-state index contributed by atoms with van der Waals surface area (Å²) in [5.41, 5.74) is 7.48. The van der Waals surface area contributed by atoms with Crippen molar-refractivity contribution in [2.45, 2.75) is 52.4 Å². The van der Waals surface area contributed by atoms with E-state index < -0.39 is 20.1 Å². The maximum Gasteiger partial charge on any atom is 0.508 e. The normalized spacial score (nSPS) is 11.1. The largest absolute Gasteiger partial charge is 0.508 e. The van der Waals surface area contributed by atoms with Gasteiger partial charge in [0.1, 0.15) is 0 Å². The average Bonchev–Trinajstić information content (AvgIpc) is 2.63. The highest BCUT2D eigenvalue weighted by molar-refractivity contribution is 7.50. The Morgan fingerprint density at radius 3 is 1.37 bits per heavy atom. The molecule has 0 aromatic rings. The Hall–Kier alpha value is -1.35. The molecule has 0 aliphatic heterocycles. The monoisotopic (exact) mass is 412 g/mol. The molecule has 159 valence electrons. The van der Waals surface area contributed by atoms with Gasteiger partial charge in [-0.1, -0.05) is 13.8 Å². The van der Waals surface area contributed by atoms with Crippen LogP contribution in [-0.2, 0) is 32.6 Å². The fourth-order valence-corrected chi connectivity index (χ4v) is 2.39. The van der Waals surface area contributed by atoms with E-state index in [1.807, 2.05) is 13.8 Å². The second kappa shape index (κ2) is 16.8. The molecular weight excluding hydrogens is 381 g/mol. The van der Waals surface area contributed by atoms with Gasteiger partial charge in [-0.3, -0.25) is 9.05 Å². The van der Waals surface area contributed by atoms with Crippen LogP contribution in [0.1, 0.15) is 52.4 Å². The van der Waals surface area contributed by atoms with Gasteiger partial charge >= 0.3 is 20.1 Å². The number of unbranched alkanes of at least 4 members (excludes halogenated alkanes) is 2. The van der Waals surface area contributed by atoms with Gasteiger partial charge in [0.2, 0.25) is 0 Å². The summed E-state index contributed by atoms with van der Waals surface area (Å²) in [7, 11) is -3.87.